The zero-order valence-electron chi connectivity index (χ0n) is 24.1. The summed E-state index contributed by atoms with van der Waals surface area (Å²) in [5.74, 6) is 0.769. The topological polar surface area (TPSA) is 160 Å². The monoisotopic (exact) mass is 580 g/mol. The summed E-state index contributed by atoms with van der Waals surface area (Å²) in [6.45, 7) is 7.40. The fraction of sp³-hybridized carbons (Fsp3) is 0.517. The maximum atomic E-state index is 11.9. The molecule has 13 nitrogen and oxygen atoms in total. The second-order valence-corrected chi connectivity index (χ2v) is 10.6. The van der Waals surface area contributed by atoms with Crippen molar-refractivity contribution in [2.75, 3.05) is 45.0 Å². The Morgan fingerprint density at radius 2 is 1.86 bits per heavy atom. The molecule has 0 saturated carbocycles. The first-order chi connectivity index (χ1) is 20.2. The number of fused-ring (bicyclic) bond motifs is 1. The molecule has 0 amide bonds. The second-order valence-electron chi connectivity index (χ2n) is 10.6. The Balaban J connectivity index is 1.30. The largest absolute Gasteiger partial charge is 0.487 e. The van der Waals surface area contributed by atoms with Crippen molar-refractivity contribution in [1.29, 1.82) is 5.26 Å². The number of nitrogens with one attached hydrogen (secondary N) is 1. The molecule has 0 unspecified atom stereocenters. The van der Waals surface area contributed by atoms with Crippen molar-refractivity contribution in [2.24, 2.45) is 0 Å². The minimum atomic E-state index is -0.592. The van der Waals surface area contributed by atoms with Gasteiger partial charge in [-0.1, -0.05) is 0 Å². The van der Waals surface area contributed by atoms with Gasteiger partial charge in [-0.05, 0) is 45.7 Å². The number of hydrogen-bond acceptors (Lipinski definition) is 12. The zero-order valence-corrected chi connectivity index (χ0v) is 24.1. The molecule has 3 aromatic heterocycles. The van der Waals surface area contributed by atoms with E-state index in [2.05, 4.69) is 21.4 Å². The number of carbonyl (C=O) groups is 2. The predicted octanol–water partition coefficient (Wildman–Crippen LogP) is 3.34. The van der Waals surface area contributed by atoms with Crippen LogP contribution in [0.2, 0.25) is 0 Å². The molecule has 224 valence electrons. The molecule has 3 aromatic rings. The van der Waals surface area contributed by atoms with E-state index < -0.39 is 17.5 Å². The van der Waals surface area contributed by atoms with E-state index >= 15 is 0 Å². The Labute approximate surface area is 244 Å². The first kappa shape index (κ1) is 30.7. The highest BCUT2D eigenvalue weighted by molar-refractivity contribution is 5.79. The number of rotatable bonds is 13. The summed E-state index contributed by atoms with van der Waals surface area (Å²) in [4.78, 5) is 37.2. The first-order valence-corrected chi connectivity index (χ1v) is 13.9. The maximum absolute atomic E-state index is 11.9. The molecule has 0 aromatic carbocycles. The molecule has 0 atom stereocenters. The molecule has 1 aliphatic heterocycles. The number of imidazole rings is 1. The predicted molar refractivity (Wildman–Crippen MR) is 151 cm³/mol. The van der Waals surface area contributed by atoms with Crippen LogP contribution < -0.4 is 10.1 Å². The normalized spacial score (nSPS) is 13.9. The molecule has 0 bridgehead atoms. The van der Waals surface area contributed by atoms with Gasteiger partial charge in [0.2, 0.25) is 0 Å². The number of hydrogen-bond donors (Lipinski definition) is 1. The molecule has 0 spiro atoms. The number of esters is 2. The van der Waals surface area contributed by atoms with Crippen LogP contribution >= 0.6 is 0 Å². The molecular weight excluding hydrogens is 544 g/mol. The van der Waals surface area contributed by atoms with Crippen molar-refractivity contribution in [3.8, 4) is 17.6 Å². The minimum Gasteiger partial charge on any atom is -0.487 e. The third kappa shape index (κ3) is 9.12. The van der Waals surface area contributed by atoms with Crippen LogP contribution in [0.1, 0.15) is 52.0 Å². The summed E-state index contributed by atoms with van der Waals surface area (Å²) < 4.78 is 29.1. The van der Waals surface area contributed by atoms with Gasteiger partial charge in [0, 0.05) is 31.5 Å². The van der Waals surface area contributed by atoms with Crippen LogP contribution in [0.4, 0.5) is 5.82 Å². The number of anilines is 1. The molecule has 0 aliphatic carbocycles. The molecule has 42 heavy (non-hydrogen) atoms. The summed E-state index contributed by atoms with van der Waals surface area (Å²) in [6, 6.07) is 7.50. The third-order valence-electron chi connectivity index (χ3n) is 6.10. The average Bonchev–Trinajstić information content (AvgIpc) is 3.38. The van der Waals surface area contributed by atoms with E-state index in [0.29, 0.717) is 47.3 Å². The van der Waals surface area contributed by atoms with E-state index in [1.807, 2.05) is 6.07 Å². The van der Waals surface area contributed by atoms with E-state index in [0.717, 1.165) is 12.8 Å². The number of ether oxygens (including phenoxy) is 5. The van der Waals surface area contributed by atoms with Gasteiger partial charge >= 0.3 is 11.9 Å². The van der Waals surface area contributed by atoms with Gasteiger partial charge in [-0.2, -0.15) is 5.26 Å². The Bertz CT molecular complexity index is 1390. The summed E-state index contributed by atoms with van der Waals surface area (Å²) >= 11 is 0. The van der Waals surface area contributed by atoms with Crippen LogP contribution in [-0.2, 0) is 28.5 Å². The smallest absolute Gasteiger partial charge is 0.306 e. The lowest BCUT2D eigenvalue weighted by Crippen LogP contribution is -2.28. The highest BCUT2D eigenvalue weighted by atomic mass is 16.6. The van der Waals surface area contributed by atoms with Crippen LogP contribution in [0.3, 0.4) is 0 Å². The van der Waals surface area contributed by atoms with Crippen molar-refractivity contribution in [2.45, 2.75) is 58.1 Å². The average molecular weight is 581 g/mol. The van der Waals surface area contributed by atoms with E-state index in [-0.39, 0.29) is 45.3 Å². The van der Waals surface area contributed by atoms with Gasteiger partial charge in [-0.15, -0.1) is 0 Å². The van der Waals surface area contributed by atoms with Gasteiger partial charge in [0.15, 0.2) is 17.2 Å². The Hall–Kier alpha value is -4.28. The van der Waals surface area contributed by atoms with E-state index in [1.165, 1.54) is 6.20 Å². The zero-order chi connectivity index (χ0) is 30.0. The lowest BCUT2D eigenvalue weighted by atomic mass is 10.1. The van der Waals surface area contributed by atoms with Crippen LogP contribution in [0.15, 0.2) is 30.7 Å². The molecule has 4 rings (SSSR count). The van der Waals surface area contributed by atoms with Crippen molar-refractivity contribution in [1.82, 2.24) is 19.5 Å². The summed E-state index contributed by atoms with van der Waals surface area (Å²) in [5, 5.41) is 12.6. The van der Waals surface area contributed by atoms with Crippen LogP contribution in [0.25, 0.3) is 17.0 Å². The number of aromatic nitrogens is 4. The molecule has 1 fully saturated rings. The molecule has 1 N–H and O–H groups in total. The Morgan fingerprint density at radius 3 is 2.57 bits per heavy atom. The standard InChI is InChI=1S/C29H36N6O7/c1-29(2,3)42-26(37)7-6-25(36)41-15-13-39-12-14-40-23-16-22-28(34-27(23)33-21-8-10-38-11-9-21)35(19-32-22)24-5-4-20(17-30)18-31-24/h4-5,16,18-19,21H,6-15H2,1-3H3,(H,33,34). The van der Waals surface area contributed by atoms with Crippen molar-refractivity contribution in [3.05, 3.63) is 36.3 Å². The summed E-state index contributed by atoms with van der Waals surface area (Å²) in [7, 11) is 0. The second kappa shape index (κ2) is 14.6. The van der Waals surface area contributed by atoms with Crippen LogP contribution in [0.5, 0.6) is 5.75 Å². The van der Waals surface area contributed by atoms with Gasteiger partial charge in [0.1, 0.15) is 42.5 Å². The van der Waals surface area contributed by atoms with Crippen LogP contribution in [-0.4, -0.2) is 82.7 Å². The van der Waals surface area contributed by atoms with Gasteiger partial charge in [-0.3, -0.25) is 14.2 Å². The van der Waals surface area contributed by atoms with Gasteiger partial charge in [0.25, 0.3) is 0 Å². The Morgan fingerprint density at radius 1 is 1.10 bits per heavy atom. The number of carbonyl (C=O) groups excluding carboxylic acids is 2. The van der Waals surface area contributed by atoms with Crippen molar-refractivity contribution in [3.63, 3.8) is 0 Å². The highest BCUT2D eigenvalue weighted by Crippen LogP contribution is 2.29. The fourth-order valence-corrected chi connectivity index (χ4v) is 4.13. The van der Waals surface area contributed by atoms with Gasteiger partial charge in [0.05, 0.1) is 31.6 Å². The minimum absolute atomic E-state index is 0.0321. The third-order valence-corrected chi connectivity index (χ3v) is 6.10. The first-order valence-electron chi connectivity index (χ1n) is 13.9. The van der Waals surface area contributed by atoms with E-state index in [9.17, 15) is 9.59 Å². The van der Waals surface area contributed by atoms with Gasteiger partial charge < -0.3 is 29.0 Å². The Kier molecular flexibility index (Phi) is 10.6. The molecule has 4 heterocycles. The molecule has 13 heteroatoms. The molecular formula is C29H36N6O7. The van der Waals surface area contributed by atoms with E-state index in [4.69, 9.17) is 33.9 Å². The molecule has 0 radical (unpaired) electrons. The lowest BCUT2D eigenvalue weighted by molar-refractivity contribution is -0.158. The summed E-state index contributed by atoms with van der Waals surface area (Å²) in [5.41, 5.74) is 1.09. The number of pyridine rings is 2. The van der Waals surface area contributed by atoms with Gasteiger partial charge in [-0.25, -0.2) is 15.0 Å². The molecule has 1 aliphatic rings. The van der Waals surface area contributed by atoms with Crippen LogP contribution in [0, 0.1) is 11.3 Å². The lowest BCUT2D eigenvalue weighted by Gasteiger charge is -2.24. The number of nitrogens with zero attached hydrogens (tertiary/aromatic N) is 5. The quantitative estimate of drug-likeness (QED) is 0.232. The SMILES string of the molecule is CC(C)(C)OC(=O)CCC(=O)OCCOCCOc1cc2ncn(-c3ccc(C#N)cn3)c2nc1NC1CCOCC1. The fourth-order valence-electron chi connectivity index (χ4n) is 4.13. The number of nitriles is 1. The van der Waals surface area contributed by atoms with E-state index in [1.54, 1.807) is 43.8 Å². The van der Waals surface area contributed by atoms with Crippen molar-refractivity contribution < 1.29 is 33.3 Å². The highest BCUT2D eigenvalue weighted by Gasteiger charge is 2.20. The summed E-state index contributed by atoms with van der Waals surface area (Å²) in [6.07, 6.45) is 4.74. The van der Waals surface area contributed by atoms with Crippen molar-refractivity contribution >= 4 is 28.9 Å². The molecule has 1 saturated heterocycles. The maximum Gasteiger partial charge on any atom is 0.306 e.